The van der Waals surface area contributed by atoms with Crippen molar-refractivity contribution in [1.29, 1.82) is 0 Å². The number of nitrogens with two attached hydrogens (primary N) is 1. The monoisotopic (exact) mass is 310 g/mol. The minimum atomic E-state index is 0.107. The molecule has 0 atom stereocenters. The Balaban J connectivity index is 1.98. The summed E-state index contributed by atoms with van der Waals surface area (Å²) < 4.78 is 0.921. The van der Waals surface area contributed by atoms with Crippen LogP contribution in [-0.2, 0) is 4.79 Å². The summed E-state index contributed by atoms with van der Waals surface area (Å²) in [5, 5.41) is 2.94. The van der Waals surface area contributed by atoms with Gasteiger partial charge in [0.15, 0.2) is 0 Å². The molecule has 4 heteroatoms. The molecule has 3 nitrogen and oxygen atoms in total. The average molecular weight is 311 g/mol. The third-order valence-corrected chi connectivity index (χ3v) is 4.15. The Morgan fingerprint density at radius 3 is 2.61 bits per heavy atom. The molecule has 3 N–H and O–H groups in total. The summed E-state index contributed by atoms with van der Waals surface area (Å²) in [6.07, 6.45) is 4.27. The molecule has 1 aliphatic rings. The second-order valence-corrected chi connectivity index (χ2v) is 6.09. The van der Waals surface area contributed by atoms with Crippen LogP contribution in [0.15, 0.2) is 22.7 Å². The molecule has 0 unspecified atom stereocenters. The van der Waals surface area contributed by atoms with Crippen LogP contribution in [0.1, 0.15) is 32.6 Å². The standard InChI is InChI=1S/C14H19BrN2O/c1-9-2-4-10(5-3-9)14(18)17-13-7-6-11(15)8-12(13)16/h6-10H,2-5,16H2,1H3,(H,17,18). The zero-order chi connectivity index (χ0) is 13.1. The second-order valence-electron chi connectivity index (χ2n) is 5.18. The first-order chi connectivity index (χ1) is 8.56. The maximum atomic E-state index is 12.1. The number of nitrogen functional groups attached to an aromatic ring is 1. The van der Waals surface area contributed by atoms with Gasteiger partial charge in [-0.05, 0) is 49.8 Å². The van der Waals surface area contributed by atoms with Crippen LogP contribution in [0.2, 0.25) is 0 Å². The maximum absolute atomic E-state index is 12.1. The van der Waals surface area contributed by atoms with Crippen molar-refractivity contribution >= 4 is 33.2 Å². The summed E-state index contributed by atoms with van der Waals surface area (Å²) in [7, 11) is 0. The van der Waals surface area contributed by atoms with Crippen molar-refractivity contribution in [2.75, 3.05) is 11.1 Å². The highest BCUT2D eigenvalue weighted by Crippen LogP contribution is 2.30. The molecule has 0 spiro atoms. The van der Waals surface area contributed by atoms with E-state index in [2.05, 4.69) is 28.2 Å². The van der Waals surface area contributed by atoms with Gasteiger partial charge in [0.05, 0.1) is 11.4 Å². The first kappa shape index (κ1) is 13.4. The van der Waals surface area contributed by atoms with Crippen LogP contribution in [0.3, 0.4) is 0 Å². The molecule has 0 bridgehead atoms. The van der Waals surface area contributed by atoms with Crippen molar-refractivity contribution in [1.82, 2.24) is 0 Å². The fraction of sp³-hybridized carbons (Fsp3) is 0.500. The van der Waals surface area contributed by atoms with Gasteiger partial charge in [0.2, 0.25) is 5.91 Å². The predicted molar refractivity (Wildman–Crippen MR) is 78.3 cm³/mol. The first-order valence-corrected chi connectivity index (χ1v) is 7.21. The fourth-order valence-electron chi connectivity index (χ4n) is 2.40. The van der Waals surface area contributed by atoms with Crippen molar-refractivity contribution in [3.63, 3.8) is 0 Å². The zero-order valence-corrected chi connectivity index (χ0v) is 12.2. The summed E-state index contributed by atoms with van der Waals surface area (Å²) in [4.78, 5) is 12.1. The Labute approximate surface area is 116 Å². The minimum Gasteiger partial charge on any atom is -0.397 e. The van der Waals surface area contributed by atoms with Gasteiger partial charge in [-0.25, -0.2) is 0 Å². The molecule has 98 valence electrons. The topological polar surface area (TPSA) is 55.1 Å². The number of amides is 1. The SMILES string of the molecule is CC1CCC(C(=O)Nc2ccc(Br)cc2N)CC1. The van der Waals surface area contributed by atoms with E-state index in [1.807, 2.05) is 12.1 Å². The molecule has 1 amide bonds. The van der Waals surface area contributed by atoms with E-state index in [0.29, 0.717) is 11.4 Å². The van der Waals surface area contributed by atoms with Crippen LogP contribution >= 0.6 is 15.9 Å². The number of nitrogens with one attached hydrogen (secondary N) is 1. The Kier molecular flexibility index (Phi) is 4.27. The normalized spacial score (nSPS) is 23.7. The number of rotatable bonds is 2. The molecule has 1 fully saturated rings. The molecular formula is C14H19BrN2O. The molecule has 18 heavy (non-hydrogen) atoms. The van der Waals surface area contributed by atoms with Gasteiger partial charge >= 0.3 is 0 Å². The number of hydrogen-bond acceptors (Lipinski definition) is 2. The lowest BCUT2D eigenvalue weighted by molar-refractivity contribution is -0.121. The molecule has 2 rings (SSSR count). The van der Waals surface area contributed by atoms with Crippen LogP contribution in [0.25, 0.3) is 0 Å². The lowest BCUT2D eigenvalue weighted by Crippen LogP contribution is -2.26. The Morgan fingerprint density at radius 1 is 1.33 bits per heavy atom. The van der Waals surface area contributed by atoms with Gasteiger partial charge in [0.25, 0.3) is 0 Å². The average Bonchev–Trinajstić information content (AvgIpc) is 2.33. The highest BCUT2D eigenvalue weighted by Gasteiger charge is 2.24. The molecule has 1 aliphatic carbocycles. The Hall–Kier alpha value is -1.03. The molecule has 0 aliphatic heterocycles. The summed E-state index contributed by atoms with van der Waals surface area (Å²) in [6.45, 7) is 2.25. The quantitative estimate of drug-likeness (QED) is 0.816. The molecule has 0 aromatic heterocycles. The van der Waals surface area contributed by atoms with E-state index >= 15 is 0 Å². The summed E-state index contributed by atoms with van der Waals surface area (Å²) in [5.74, 6) is 1.01. The van der Waals surface area contributed by atoms with Crippen LogP contribution in [-0.4, -0.2) is 5.91 Å². The first-order valence-electron chi connectivity index (χ1n) is 6.42. The third-order valence-electron chi connectivity index (χ3n) is 3.66. The van der Waals surface area contributed by atoms with Gasteiger partial charge in [-0.1, -0.05) is 22.9 Å². The molecule has 0 radical (unpaired) electrons. The molecule has 1 saturated carbocycles. The largest absolute Gasteiger partial charge is 0.397 e. The number of benzene rings is 1. The number of anilines is 2. The predicted octanol–water partition coefficient (Wildman–Crippen LogP) is 3.80. The van der Waals surface area contributed by atoms with Crippen molar-refractivity contribution < 1.29 is 4.79 Å². The van der Waals surface area contributed by atoms with Gasteiger partial charge in [-0.3, -0.25) is 4.79 Å². The Morgan fingerprint density at radius 2 is 2.00 bits per heavy atom. The van der Waals surface area contributed by atoms with Gasteiger partial charge in [0, 0.05) is 10.4 Å². The number of halogens is 1. The van der Waals surface area contributed by atoms with Crippen LogP contribution in [0.5, 0.6) is 0 Å². The zero-order valence-electron chi connectivity index (χ0n) is 10.6. The van der Waals surface area contributed by atoms with Gasteiger partial charge < -0.3 is 11.1 Å². The molecule has 1 aromatic rings. The van der Waals surface area contributed by atoms with E-state index < -0.39 is 0 Å². The third kappa shape index (κ3) is 3.25. The molecule has 0 heterocycles. The van der Waals surface area contributed by atoms with Crippen molar-refractivity contribution in [2.45, 2.75) is 32.6 Å². The smallest absolute Gasteiger partial charge is 0.227 e. The van der Waals surface area contributed by atoms with E-state index in [4.69, 9.17) is 5.73 Å². The summed E-state index contributed by atoms with van der Waals surface area (Å²) >= 11 is 3.35. The fourth-order valence-corrected chi connectivity index (χ4v) is 2.78. The molecular weight excluding hydrogens is 292 g/mol. The van der Waals surface area contributed by atoms with Crippen molar-refractivity contribution in [2.24, 2.45) is 11.8 Å². The van der Waals surface area contributed by atoms with Crippen molar-refractivity contribution in [3.8, 4) is 0 Å². The van der Waals surface area contributed by atoms with Crippen LogP contribution in [0.4, 0.5) is 11.4 Å². The lowest BCUT2D eigenvalue weighted by atomic mass is 9.82. The van der Waals surface area contributed by atoms with Gasteiger partial charge in [-0.2, -0.15) is 0 Å². The van der Waals surface area contributed by atoms with E-state index in [-0.39, 0.29) is 11.8 Å². The minimum absolute atomic E-state index is 0.107. The molecule has 1 aromatic carbocycles. The van der Waals surface area contributed by atoms with Crippen LogP contribution < -0.4 is 11.1 Å². The molecule has 0 saturated heterocycles. The maximum Gasteiger partial charge on any atom is 0.227 e. The van der Waals surface area contributed by atoms with Gasteiger partial charge in [-0.15, -0.1) is 0 Å². The number of carbonyl (C=O) groups is 1. The summed E-state index contributed by atoms with van der Waals surface area (Å²) in [6, 6.07) is 5.52. The highest BCUT2D eigenvalue weighted by atomic mass is 79.9. The van der Waals surface area contributed by atoms with Crippen molar-refractivity contribution in [3.05, 3.63) is 22.7 Å². The number of hydrogen-bond donors (Lipinski definition) is 2. The van der Waals surface area contributed by atoms with E-state index in [9.17, 15) is 4.79 Å². The number of carbonyl (C=O) groups excluding carboxylic acids is 1. The highest BCUT2D eigenvalue weighted by molar-refractivity contribution is 9.10. The lowest BCUT2D eigenvalue weighted by Gasteiger charge is -2.25. The van der Waals surface area contributed by atoms with Crippen LogP contribution in [0, 0.1) is 11.8 Å². The second kappa shape index (κ2) is 5.74. The van der Waals surface area contributed by atoms with E-state index in [1.165, 1.54) is 0 Å². The van der Waals surface area contributed by atoms with E-state index in [1.54, 1.807) is 6.07 Å². The van der Waals surface area contributed by atoms with E-state index in [0.717, 1.165) is 36.1 Å². The summed E-state index contributed by atoms with van der Waals surface area (Å²) in [5.41, 5.74) is 7.19. The Bertz CT molecular complexity index is 439. The van der Waals surface area contributed by atoms with Gasteiger partial charge in [0.1, 0.15) is 0 Å².